The summed E-state index contributed by atoms with van der Waals surface area (Å²) in [5.74, 6) is 0.718. The Morgan fingerprint density at radius 2 is 1.47 bits per heavy atom. The van der Waals surface area contributed by atoms with Crippen molar-refractivity contribution in [2.75, 3.05) is 26.2 Å². The summed E-state index contributed by atoms with van der Waals surface area (Å²) in [6, 6.07) is -0.432. The lowest BCUT2D eigenvalue weighted by atomic mass is 10.0. The Morgan fingerprint density at radius 3 is 1.89 bits per heavy atom. The van der Waals surface area contributed by atoms with Gasteiger partial charge in [-0.05, 0) is 11.8 Å². The summed E-state index contributed by atoms with van der Waals surface area (Å²) >= 11 is 0. The lowest BCUT2D eigenvalue weighted by Crippen LogP contribution is -2.55. The summed E-state index contributed by atoms with van der Waals surface area (Å²) < 4.78 is 0. The third-order valence-electron chi connectivity index (χ3n) is 3.53. The van der Waals surface area contributed by atoms with Crippen LogP contribution in [0.3, 0.4) is 0 Å². The van der Waals surface area contributed by atoms with Crippen LogP contribution < -0.4 is 5.73 Å². The molecule has 0 bridgehead atoms. The van der Waals surface area contributed by atoms with E-state index in [2.05, 4.69) is 0 Å². The van der Waals surface area contributed by atoms with Gasteiger partial charge in [-0.15, -0.1) is 0 Å². The van der Waals surface area contributed by atoms with E-state index in [0.29, 0.717) is 38.5 Å². The predicted molar refractivity (Wildman–Crippen MR) is 75.4 cm³/mol. The lowest BCUT2D eigenvalue weighted by Gasteiger charge is -2.36. The van der Waals surface area contributed by atoms with E-state index >= 15 is 0 Å². The van der Waals surface area contributed by atoms with Gasteiger partial charge in [-0.1, -0.05) is 27.7 Å². The van der Waals surface area contributed by atoms with E-state index < -0.39 is 6.04 Å². The Kier molecular flexibility index (Phi) is 5.79. The molecule has 0 aromatic rings. The summed E-state index contributed by atoms with van der Waals surface area (Å²) in [6.45, 7) is 10.4. The normalized spacial score (nSPS) is 18.1. The van der Waals surface area contributed by atoms with Crippen LogP contribution in [-0.2, 0) is 9.59 Å². The number of piperazine rings is 1. The molecule has 1 saturated heterocycles. The average molecular weight is 269 g/mol. The van der Waals surface area contributed by atoms with Crippen molar-refractivity contribution in [3.05, 3.63) is 0 Å². The highest BCUT2D eigenvalue weighted by Gasteiger charge is 2.28. The van der Waals surface area contributed by atoms with Crippen LogP contribution in [0.2, 0.25) is 0 Å². The van der Waals surface area contributed by atoms with Crippen LogP contribution in [0, 0.1) is 11.8 Å². The molecular weight excluding hydrogens is 242 g/mol. The molecule has 5 heteroatoms. The van der Waals surface area contributed by atoms with E-state index in [1.807, 2.05) is 32.6 Å². The van der Waals surface area contributed by atoms with Gasteiger partial charge in [-0.2, -0.15) is 0 Å². The van der Waals surface area contributed by atoms with Crippen LogP contribution >= 0.6 is 0 Å². The second-order valence-electron chi connectivity index (χ2n) is 6.07. The van der Waals surface area contributed by atoms with Crippen molar-refractivity contribution < 1.29 is 9.59 Å². The Balaban J connectivity index is 2.45. The topological polar surface area (TPSA) is 66.6 Å². The van der Waals surface area contributed by atoms with Crippen LogP contribution in [0.5, 0.6) is 0 Å². The minimum absolute atomic E-state index is 0.00552. The average Bonchev–Trinajstić information content (AvgIpc) is 2.36. The van der Waals surface area contributed by atoms with Gasteiger partial charge < -0.3 is 15.5 Å². The lowest BCUT2D eigenvalue weighted by molar-refractivity contribution is -0.141. The van der Waals surface area contributed by atoms with Crippen molar-refractivity contribution >= 4 is 11.8 Å². The summed E-state index contributed by atoms with van der Waals surface area (Å²) in [5, 5.41) is 0. The fraction of sp³-hybridized carbons (Fsp3) is 0.857. The molecule has 0 spiro atoms. The highest BCUT2D eigenvalue weighted by molar-refractivity contribution is 5.82. The fourth-order valence-corrected chi connectivity index (χ4v) is 2.15. The quantitative estimate of drug-likeness (QED) is 0.816. The van der Waals surface area contributed by atoms with E-state index in [9.17, 15) is 9.59 Å². The molecule has 1 rings (SSSR count). The number of nitrogens with two attached hydrogens (primary N) is 1. The van der Waals surface area contributed by atoms with Crippen LogP contribution in [0.1, 0.15) is 34.1 Å². The maximum atomic E-state index is 12.1. The molecule has 0 aromatic carbocycles. The Labute approximate surface area is 116 Å². The second kappa shape index (κ2) is 6.89. The third-order valence-corrected chi connectivity index (χ3v) is 3.53. The van der Waals surface area contributed by atoms with Crippen LogP contribution in [0.4, 0.5) is 0 Å². The molecule has 0 aliphatic carbocycles. The fourth-order valence-electron chi connectivity index (χ4n) is 2.15. The summed E-state index contributed by atoms with van der Waals surface area (Å²) in [6.07, 6.45) is 0.583. The first kappa shape index (κ1) is 16.0. The third kappa shape index (κ3) is 4.49. The molecule has 0 unspecified atom stereocenters. The number of hydrogen-bond acceptors (Lipinski definition) is 3. The van der Waals surface area contributed by atoms with Crippen molar-refractivity contribution in [1.82, 2.24) is 9.80 Å². The standard InChI is InChI=1S/C14H27N3O2/c1-10(2)9-12(18)16-5-7-17(8-6-16)14(19)13(15)11(3)4/h10-11,13H,5-9,15H2,1-4H3/t13-/m1/s1. The van der Waals surface area contributed by atoms with E-state index in [-0.39, 0.29) is 17.7 Å². The molecule has 2 amide bonds. The van der Waals surface area contributed by atoms with E-state index in [1.54, 1.807) is 4.90 Å². The van der Waals surface area contributed by atoms with Gasteiger partial charge in [-0.3, -0.25) is 9.59 Å². The summed E-state index contributed by atoms with van der Waals surface area (Å²) in [4.78, 5) is 27.6. The SMILES string of the molecule is CC(C)CC(=O)N1CCN(C(=O)[C@H](N)C(C)C)CC1. The van der Waals surface area contributed by atoms with Gasteiger partial charge in [0, 0.05) is 32.6 Å². The number of amides is 2. The largest absolute Gasteiger partial charge is 0.339 e. The maximum Gasteiger partial charge on any atom is 0.239 e. The highest BCUT2D eigenvalue weighted by Crippen LogP contribution is 2.10. The monoisotopic (exact) mass is 269 g/mol. The van der Waals surface area contributed by atoms with Gasteiger partial charge in [0.1, 0.15) is 0 Å². The van der Waals surface area contributed by atoms with Crippen LogP contribution in [0.15, 0.2) is 0 Å². The highest BCUT2D eigenvalue weighted by atomic mass is 16.2. The molecular formula is C14H27N3O2. The zero-order valence-electron chi connectivity index (χ0n) is 12.6. The molecule has 1 heterocycles. The molecule has 0 aromatic heterocycles. The molecule has 1 atom stereocenters. The first-order valence-electron chi connectivity index (χ1n) is 7.15. The minimum Gasteiger partial charge on any atom is -0.339 e. The molecule has 1 aliphatic heterocycles. The van der Waals surface area contributed by atoms with Crippen LogP contribution in [-0.4, -0.2) is 53.8 Å². The molecule has 19 heavy (non-hydrogen) atoms. The van der Waals surface area contributed by atoms with E-state index in [4.69, 9.17) is 5.73 Å². The van der Waals surface area contributed by atoms with Crippen molar-refractivity contribution in [3.63, 3.8) is 0 Å². The number of carbonyl (C=O) groups is 2. The van der Waals surface area contributed by atoms with Gasteiger partial charge in [0.25, 0.3) is 0 Å². The van der Waals surface area contributed by atoms with Gasteiger partial charge in [0.2, 0.25) is 11.8 Å². The minimum atomic E-state index is -0.432. The van der Waals surface area contributed by atoms with Gasteiger partial charge in [-0.25, -0.2) is 0 Å². The van der Waals surface area contributed by atoms with Gasteiger partial charge in [0.15, 0.2) is 0 Å². The maximum absolute atomic E-state index is 12.1. The predicted octanol–water partition coefficient (Wildman–Crippen LogP) is 0.687. The molecule has 0 saturated carbocycles. The Hall–Kier alpha value is -1.10. The summed E-state index contributed by atoms with van der Waals surface area (Å²) in [5.41, 5.74) is 5.88. The van der Waals surface area contributed by atoms with Gasteiger partial charge in [0.05, 0.1) is 6.04 Å². The zero-order valence-corrected chi connectivity index (χ0v) is 12.6. The summed E-state index contributed by atoms with van der Waals surface area (Å²) in [7, 11) is 0. The van der Waals surface area contributed by atoms with Gasteiger partial charge >= 0.3 is 0 Å². The number of nitrogens with zero attached hydrogens (tertiary/aromatic N) is 2. The van der Waals surface area contributed by atoms with Crippen molar-refractivity contribution in [2.45, 2.75) is 40.2 Å². The second-order valence-corrected chi connectivity index (χ2v) is 6.07. The van der Waals surface area contributed by atoms with Crippen molar-refractivity contribution in [2.24, 2.45) is 17.6 Å². The first-order valence-corrected chi connectivity index (χ1v) is 7.15. The van der Waals surface area contributed by atoms with E-state index in [0.717, 1.165) is 0 Å². The Morgan fingerprint density at radius 1 is 1.00 bits per heavy atom. The molecule has 1 aliphatic rings. The number of carbonyl (C=O) groups excluding carboxylic acids is 2. The Bertz CT molecular complexity index is 321. The molecule has 2 N–H and O–H groups in total. The number of hydrogen-bond donors (Lipinski definition) is 1. The van der Waals surface area contributed by atoms with Crippen molar-refractivity contribution in [3.8, 4) is 0 Å². The zero-order chi connectivity index (χ0) is 14.6. The number of rotatable bonds is 4. The van der Waals surface area contributed by atoms with Crippen LogP contribution in [0.25, 0.3) is 0 Å². The molecule has 5 nitrogen and oxygen atoms in total. The first-order chi connectivity index (χ1) is 8.82. The molecule has 110 valence electrons. The molecule has 0 radical (unpaired) electrons. The molecule has 1 fully saturated rings. The smallest absolute Gasteiger partial charge is 0.239 e. The van der Waals surface area contributed by atoms with E-state index in [1.165, 1.54) is 0 Å². The van der Waals surface area contributed by atoms with Crippen molar-refractivity contribution in [1.29, 1.82) is 0 Å².